The fourth-order valence-corrected chi connectivity index (χ4v) is 2.78. The quantitative estimate of drug-likeness (QED) is 0.750. The molecule has 0 aliphatic heterocycles. The molecule has 0 radical (unpaired) electrons. The summed E-state index contributed by atoms with van der Waals surface area (Å²) in [6.45, 7) is 3.53. The fourth-order valence-electron chi connectivity index (χ4n) is 1.56. The number of hydrogen-bond acceptors (Lipinski definition) is 3. The Balaban J connectivity index is 3.59. The van der Waals surface area contributed by atoms with Crippen LogP contribution in [0.1, 0.15) is 23.6 Å². The topological polar surface area (TPSA) is 57.9 Å². The first kappa shape index (κ1) is 12.0. The second-order valence-corrected chi connectivity index (χ2v) is 5.65. The van der Waals surface area contributed by atoms with E-state index in [1.54, 1.807) is 6.92 Å². The van der Waals surface area contributed by atoms with Gasteiger partial charge in [-0.15, -0.1) is 0 Å². The molecule has 1 aromatic rings. The van der Waals surface area contributed by atoms with Crippen molar-refractivity contribution in [2.45, 2.75) is 25.2 Å². The Morgan fingerprint density at radius 1 is 1.47 bits per heavy atom. The molecule has 0 bridgehead atoms. The van der Waals surface area contributed by atoms with Crippen molar-refractivity contribution in [3.8, 4) is 6.07 Å². The van der Waals surface area contributed by atoms with Gasteiger partial charge < -0.3 is 0 Å². The summed E-state index contributed by atoms with van der Waals surface area (Å²) in [7, 11) is 1.55. The Labute approximate surface area is 93.7 Å². The molecule has 0 aliphatic rings. The van der Waals surface area contributed by atoms with Crippen molar-refractivity contribution in [3.05, 3.63) is 28.8 Å². The van der Waals surface area contributed by atoms with Crippen LogP contribution >= 0.6 is 10.7 Å². The Morgan fingerprint density at radius 3 is 2.47 bits per heavy atom. The van der Waals surface area contributed by atoms with Crippen LogP contribution in [0.2, 0.25) is 0 Å². The van der Waals surface area contributed by atoms with Gasteiger partial charge in [-0.05, 0) is 36.6 Å². The molecule has 0 fully saturated rings. The summed E-state index contributed by atoms with van der Waals surface area (Å²) < 4.78 is 22.4. The van der Waals surface area contributed by atoms with Gasteiger partial charge in [-0.3, -0.25) is 0 Å². The van der Waals surface area contributed by atoms with Crippen LogP contribution in [0.5, 0.6) is 0 Å². The molecule has 0 heterocycles. The number of rotatable bonds is 2. The van der Waals surface area contributed by atoms with Crippen LogP contribution in [-0.2, 0) is 15.5 Å². The van der Waals surface area contributed by atoms with E-state index in [1.165, 1.54) is 12.1 Å². The molecular weight excluding hydrogens is 234 g/mol. The number of nitriles is 1. The van der Waals surface area contributed by atoms with Crippen molar-refractivity contribution in [2.75, 3.05) is 0 Å². The summed E-state index contributed by atoms with van der Waals surface area (Å²) in [4.78, 5) is 0.0833. The Bertz CT molecular complexity index is 529. The molecule has 0 spiro atoms. The number of hydrogen-bond donors (Lipinski definition) is 0. The lowest BCUT2D eigenvalue weighted by molar-refractivity contribution is 0.609. The number of halogens is 1. The third kappa shape index (κ3) is 2.31. The van der Waals surface area contributed by atoms with Crippen LogP contribution in [0.15, 0.2) is 17.0 Å². The first-order valence-electron chi connectivity index (χ1n) is 4.39. The van der Waals surface area contributed by atoms with Gasteiger partial charge in [0.2, 0.25) is 0 Å². The minimum Gasteiger partial charge on any atom is -0.207 e. The van der Waals surface area contributed by atoms with Crippen LogP contribution < -0.4 is 0 Å². The van der Waals surface area contributed by atoms with Crippen molar-refractivity contribution >= 4 is 19.7 Å². The van der Waals surface area contributed by atoms with Crippen molar-refractivity contribution in [1.29, 1.82) is 5.26 Å². The molecule has 1 aromatic carbocycles. The van der Waals surface area contributed by atoms with Crippen LogP contribution in [0.3, 0.4) is 0 Å². The number of nitrogens with zero attached hydrogens (tertiary/aromatic N) is 1. The third-order valence-corrected chi connectivity index (χ3v) is 3.75. The van der Waals surface area contributed by atoms with E-state index in [0.29, 0.717) is 17.5 Å². The van der Waals surface area contributed by atoms with Gasteiger partial charge in [0, 0.05) is 10.7 Å². The maximum atomic E-state index is 11.2. The van der Waals surface area contributed by atoms with E-state index < -0.39 is 9.05 Å². The SMILES string of the molecule is CCc1c(C#N)ccc(S(=O)(=O)Cl)c1C. The van der Waals surface area contributed by atoms with Crippen LogP contribution in [0.4, 0.5) is 0 Å². The third-order valence-electron chi connectivity index (χ3n) is 2.29. The fraction of sp³-hybridized carbons (Fsp3) is 0.300. The van der Waals surface area contributed by atoms with E-state index >= 15 is 0 Å². The second-order valence-electron chi connectivity index (χ2n) is 3.12. The monoisotopic (exact) mass is 243 g/mol. The van der Waals surface area contributed by atoms with Crippen molar-refractivity contribution < 1.29 is 8.42 Å². The van der Waals surface area contributed by atoms with E-state index in [-0.39, 0.29) is 4.90 Å². The van der Waals surface area contributed by atoms with Gasteiger partial charge >= 0.3 is 0 Å². The molecule has 0 N–H and O–H groups in total. The van der Waals surface area contributed by atoms with Gasteiger partial charge in [-0.25, -0.2) is 8.42 Å². The summed E-state index contributed by atoms with van der Waals surface area (Å²) >= 11 is 0. The predicted octanol–water partition coefficient (Wildman–Crippen LogP) is 2.36. The molecule has 0 saturated carbocycles. The van der Waals surface area contributed by atoms with E-state index in [1.807, 2.05) is 13.0 Å². The highest BCUT2D eigenvalue weighted by atomic mass is 35.7. The lowest BCUT2D eigenvalue weighted by Crippen LogP contribution is -2.00. The van der Waals surface area contributed by atoms with Crippen LogP contribution in [0.25, 0.3) is 0 Å². The normalized spacial score (nSPS) is 11.1. The Morgan fingerprint density at radius 2 is 2.07 bits per heavy atom. The molecule has 0 aliphatic carbocycles. The molecular formula is C10H10ClNO2S. The predicted molar refractivity (Wildman–Crippen MR) is 58.3 cm³/mol. The summed E-state index contributed by atoms with van der Waals surface area (Å²) in [5, 5.41) is 8.84. The highest BCUT2D eigenvalue weighted by Crippen LogP contribution is 2.25. The zero-order valence-corrected chi connectivity index (χ0v) is 9.98. The largest absolute Gasteiger partial charge is 0.261 e. The minimum absolute atomic E-state index is 0.0833. The molecule has 0 saturated heterocycles. The van der Waals surface area contributed by atoms with Crippen LogP contribution in [0, 0.1) is 18.3 Å². The van der Waals surface area contributed by atoms with Crippen molar-refractivity contribution in [1.82, 2.24) is 0 Å². The van der Waals surface area contributed by atoms with Gasteiger partial charge in [-0.2, -0.15) is 5.26 Å². The van der Waals surface area contributed by atoms with E-state index in [2.05, 4.69) is 0 Å². The molecule has 3 nitrogen and oxygen atoms in total. The van der Waals surface area contributed by atoms with Crippen molar-refractivity contribution in [3.63, 3.8) is 0 Å². The first-order valence-corrected chi connectivity index (χ1v) is 6.70. The van der Waals surface area contributed by atoms with E-state index in [9.17, 15) is 8.42 Å². The lowest BCUT2D eigenvalue weighted by atomic mass is 10.0. The van der Waals surface area contributed by atoms with Gasteiger partial charge in [0.1, 0.15) is 0 Å². The second kappa shape index (κ2) is 4.21. The maximum absolute atomic E-state index is 11.2. The molecule has 0 amide bonds. The zero-order valence-electron chi connectivity index (χ0n) is 8.41. The average Bonchev–Trinajstić information content (AvgIpc) is 2.15. The lowest BCUT2D eigenvalue weighted by Gasteiger charge is -2.08. The summed E-state index contributed by atoms with van der Waals surface area (Å²) in [6, 6.07) is 4.89. The van der Waals surface area contributed by atoms with Gasteiger partial charge in [0.05, 0.1) is 16.5 Å². The molecule has 0 atom stereocenters. The molecule has 1 rings (SSSR count). The summed E-state index contributed by atoms with van der Waals surface area (Å²) in [5.74, 6) is 0. The molecule has 15 heavy (non-hydrogen) atoms. The van der Waals surface area contributed by atoms with E-state index in [0.717, 1.165) is 5.56 Å². The minimum atomic E-state index is -3.73. The highest BCUT2D eigenvalue weighted by Gasteiger charge is 2.17. The summed E-state index contributed by atoms with van der Waals surface area (Å²) in [5.41, 5.74) is 1.80. The molecule has 80 valence electrons. The standard InChI is InChI=1S/C10H10ClNO2S/c1-3-9-7(2)10(15(11,13)14)5-4-8(9)6-12/h4-5H,3H2,1-2H3. The zero-order chi connectivity index (χ0) is 11.6. The first-order chi connectivity index (χ1) is 6.91. The van der Waals surface area contributed by atoms with E-state index in [4.69, 9.17) is 15.9 Å². The maximum Gasteiger partial charge on any atom is 0.261 e. The van der Waals surface area contributed by atoms with Gasteiger partial charge in [-0.1, -0.05) is 6.92 Å². The molecule has 5 heteroatoms. The van der Waals surface area contributed by atoms with Gasteiger partial charge in [0.25, 0.3) is 9.05 Å². The summed E-state index contributed by atoms with van der Waals surface area (Å²) in [6.07, 6.45) is 0.606. The molecule has 0 unspecified atom stereocenters. The van der Waals surface area contributed by atoms with Crippen LogP contribution in [-0.4, -0.2) is 8.42 Å². The average molecular weight is 244 g/mol. The number of benzene rings is 1. The Hall–Kier alpha value is -1.05. The highest BCUT2D eigenvalue weighted by molar-refractivity contribution is 8.13. The van der Waals surface area contributed by atoms with Crippen molar-refractivity contribution in [2.24, 2.45) is 0 Å². The smallest absolute Gasteiger partial charge is 0.207 e. The Kier molecular flexibility index (Phi) is 3.38. The molecule has 0 aromatic heterocycles. The van der Waals surface area contributed by atoms with Gasteiger partial charge in [0.15, 0.2) is 0 Å².